The van der Waals surface area contributed by atoms with Gasteiger partial charge >= 0.3 is 0 Å². The van der Waals surface area contributed by atoms with Gasteiger partial charge in [-0.3, -0.25) is 14.9 Å². The summed E-state index contributed by atoms with van der Waals surface area (Å²) in [7, 11) is 0. The number of piperidine rings is 2. The predicted molar refractivity (Wildman–Crippen MR) is 92.5 cm³/mol. The van der Waals surface area contributed by atoms with E-state index in [0.29, 0.717) is 28.6 Å². The molecule has 8 heteroatoms. The van der Waals surface area contributed by atoms with Crippen LogP contribution < -0.4 is 15.5 Å². The van der Waals surface area contributed by atoms with Crippen LogP contribution in [0.25, 0.3) is 6.08 Å². The van der Waals surface area contributed by atoms with Gasteiger partial charge in [-0.2, -0.15) is 0 Å². The molecule has 2 unspecified atom stereocenters. The van der Waals surface area contributed by atoms with Gasteiger partial charge < -0.3 is 10.2 Å². The molecule has 0 saturated carbocycles. The van der Waals surface area contributed by atoms with Crippen molar-refractivity contribution >= 4 is 34.9 Å². The number of fused-ring (bicyclic) bond motifs is 1. The van der Waals surface area contributed by atoms with Crippen molar-refractivity contribution in [3.8, 4) is 0 Å². The van der Waals surface area contributed by atoms with Crippen molar-refractivity contribution in [3.05, 3.63) is 22.9 Å². The summed E-state index contributed by atoms with van der Waals surface area (Å²) in [6.07, 6.45) is 8.00. The summed E-state index contributed by atoms with van der Waals surface area (Å²) in [4.78, 5) is 34.7. The van der Waals surface area contributed by atoms with Gasteiger partial charge in [-0.25, -0.2) is 9.97 Å². The number of thioether (sulfide) groups is 1. The van der Waals surface area contributed by atoms with Crippen LogP contribution in [0.4, 0.5) is 10.7 Å². The lowest BCUT2D eigenvalue weighted by atomic mass is 9.90. The summed E-state index contributed by atoms with van der Waals surface area (Å²) in [6, 6.07) is 2.70. The maximum atomic E-state index is 11.7. The van der Waals surface area contributed by atoms with Crippen molar-refractivity contribution < 1.29 is 9.59 Å². The Morgan fingerprint density at radius 2 is 2.21 bits per heavy atom. The van der Waals surface area contributed by atoms with E-state index in [2.05, 4.69) is 25.5 Å². The van der Waals surface area contributed by atoms with Crippen LogP contribution in [0.2, 0.25) is 0 Å². The minimum absolute atomic E-state index is 0.340. The zero-order chi connectivity index (χ0) is 16.5. The number of imide groups is 1. The molecule has 3 fully saturated rings. The molecule has 2 N–H and O–H groups in total. The topological polar surface area (TPSA) is 87.2 Å². The second-order valence-electron chi connectivity index (χ2n) is 6.24. The first-order valence-corrected chi connectivity index (χ1v) is 9.10. The minimum atomic E-state index is -0.361. The van der Waals surface area contributed by atoms with E-state index in [4.69, 9.17) is 0 Å². The largest absolute Gasteiger partial charge is 0.336 e. The van der Waals surface area contributed by atoms with E-state index in [1.165, 1.54) is 12.8 Å². The van der Waals surface area contributed by atoms with E-state index in [1.807, 2.05) is 0 Å². The molecule has 2 amide bonds. The molecule has 7 nitrogen and oxygen atoms in total. The number of amides is 2. The average molecular weight is 345 g/mol. The molecule has 126 valence electrons. The van der Waals surface area contributed by atoms with Crippen molar-refractivity contribution in [2.45, 2.75) is 37.8 Å². The number of nitrogens with one attached hydrogen (secondary N) is 2. The van der Waals surface area contributed by atoms with Crippen LogP contribution in [0.15, 0.2) is 17.2 Å². The van der Waals surface area contributed by atoms with Crippen LogP contribution in [0.1, 0.15) is 31.4 Å². The average Bonchev–Trinajstić information content (AvgIpc) is 2.92. The number of aromatic nitrogens is 2. The van der Waals surface area contributed by atoms with Gasteiger partial charge in [-0.15, -0.1) is 0 Å². The number of nitrogens with zero attached hydrogens (tertiary/aromatic N) is 3. The Morgan fingerprint density at radius 3 is 3.04 bits per heavy atom. The number of hydrogen-bond donors (Lipinski definition) is 2. The van der Waals surface area contributed by atoms with Gasteiger partial charge in [0, 0.05) is 24.8 Å². The zero-order valence-electron chi connectivity index (χ0n) is 13.2. The molecule has 3 aliphatic rings. The summed E-state index contributed by atoms with van der Waals surface area (Å²) in [6.45, 7) is 2.04. The highest BCUT2D eigenvalue weighted by Crippen LogP contribution is 2.29. The van der Waals surface area contributed by atoms with Crippen molar-refractivity contribution in [1.29, 1.82) is 0 Å². The molecule has 4 rings (SSSR count). The quantitative estimate of drug-likeness (QED) is 0.786. The third-order valence-corrected chi connectivity index (χ3v) is 5.52. The highest BCUT2D eigenvalue weighted by molar-refractivity contribution is 8.18. The number of anilines is 1. The van der Waals surface area contributed by atoms with Crippen LogP contribution in [0.5, 0.6) is 0 Å². The molecule has 2 atom stereocenters. The van der Waals surface area contributed by atoms with Gasteiger partial charge in [0.15, 0.2) is 0 Å². The van der Waals surface area contributed by atoms with E-state index in [1.54, 1.807) is 18.3 Å². The number of hydrogen-bond acceptors (Lipinski definition) is 7. The lowest BCUT2D eigenvalue weighted by molar-refractivity contribution is -0.115. The first-order chi connectivity index (χ1) is 11.7. The van der Waals surface area contributed by atoms with Crippen molar-refractivity contribution in [1.82, 2.24) is 20.6 Å². The van der Waals surface area contributed by atoms with Crippen LogP contribution in [0, 0.1) is 0 Å². The smallest absolute Gasteiger partial charge is 0.290 e. The second-order valence-corrected chi connectivity index (χ2v) is 7.25. The van der Waals surface area contributed by atoms with Crippen molar-refractivity contribution in [2.75, 3.05) is 18.0 Å². The van der Waals surface area contributed by atoms with Crippen molar-refractivity contribution in [2.24, 2.45) is 0 Å². The Bertz CT molecular complexity index is 705. The van der Waals surface area contributed by atoms with Gasteiger partial charge in [-0.1, -0.05) is 0 Å². The second kappa shape index (κ2) is 6.52. The molecule has 0 spiro atoms. The van der Waals surface area contributed by atoms with E-state index in [0.717, 1.165) is 37.7 Å². The molecular weight excluding hydrogens is 326 g/mol. The van der Waals surface area contributed by atoms with E-state index >= 15 is 0 Å². The highest BCUT2D eigenvalue weighted by Gasteiger charge is 2.34. The monoisotopic (exact) mass is 345 g/mol. The fraction of sp³-hybridized carbons (Fsp3) is 0.500. The molecule has 0 radical (unpaired) electrons. The lowest BCUT2D eigenvalue weighted by Gasteiger charge is -2.44. The van der Waals surface area contributed by atoms with Crippen LogP contribution in [-0.4, -0.2) is 46.3 Å². The molecule has 3 aliphatic heterocycles. The maximum absolute atomic E-state index is 11.7. The fourth-order valence-electron chi connectivity index (χ4n) is 3.64. The predicted octanol–water partition coefficient (Wildman–Crippen LogP) is 1.52. The number of carbonyl (C=O) groups excluding carboxylic acids is 2. The Kier molecular flexibility index (Phi) is 4.24. The SMILES string of the molecule is O=C1NC(=O)/C(=C/c2ccnc(N3CCCC4NCCCC43)n2)S1. The van der Waals surface area contributed by atoms with Gasteiger partial charge in [-0.05, 0) is 56.1 Å². The molecule has 0 aliphatic carbocycles. The van der Waals surface area contributed by atoms with Gasteiger partial charge in [0.05, 0.1) is 10.6 Å². The molecule has 0 bridgehead atoms. The van der Waals surface area contributed by atoms with Gasteiger partial charge in [0.1, 0.15) is 0 Å². The van der Waals surface area contributed by atoms with Crippen LogP contribution >= 0.6 is 11.8 Å². The highest BCUT2D eigenvalue weighted by atomic mass is 32.2. The summed E-state index contributed by atoms with van der Waals surface area (Å²) in [5, 5.41) is 5.52. The van der Waals surface area contributed by atoms with E-state index in [-0.39, 0.29) is 11.1 Å². The minimum Gasteiger partial charge on any atom is -0.336 e. The maximum Gasteiger partial charge on any atom is 0.290 e. The summed E-state index contributed by atoms with van der Waals surface area (Å²) < 4.78 is 0. The van der Waals surface area contributed by atoms with Gasteiger partial charge in [0.25, 0.3) is 11.1 Å². The molecule has 4 heterocycles. The molecule has 3 saturated heterocycles. The van der Waals surface area contributed by atoms with E-state index < -0.39 is 0 Å². The zero-order valence-corrected chi connectivity index (χ0v) is 14.0. The van der Waals surface area contributed by atoms with Crippen molar-refractivity contribution in [3.63, 3.8) is 0 Å². The van der Waals surface area contributed by atoms with E-state index in [9.17, 15) is 9.59 Å². The number of carbonyl (C=O) groups is 2. The number of rotatable bonds is 2. The standard InChI is InChI=1S/C16H19N5O2S/c22-14-13(24-16(23)20-14)9-10-5-7-18-15(19-10)21-8-2-3-11-12(21)4-1-6-17-11/h5,7,9,11-12,17H,1-4,6,8H2,(H,20,22,23)/b13-9-. The third-order valence-electron chi connectivity index (χ3n) is 4.70. The Hall–Kier alpha value is -1.93. The summed E-state index contributed by atoms with van der Waals surface area (Å²) >= 11 is 0.906. The lowest BCUT2D eigenvalue weighted by Crippen LogP contribution is -2.57. The summed E-state index contributed by atoms with van der Waals surface area (Å²) in [5.41, 5.74) is 0.651. The molecular formula is C16H19N5O2S. The normalized spacial score (nSPS) is 28.8. The Labute approximate surface area is 144 Å². The first-order valence-electron chi connectivity index (χ1n) is 8.28. The molecule has 1 aromatic heterocycles. The fourth-order valence-corrected chi connectivity index (χ4v) is 4.30. The van der Waals surface area contributed by atoms with Gasteiger partial charge in [0.2, 0.25) is 5.95 Å². The molecule has 24 heavy (non-hydrogen) atoms. The third kappa shape index (κ3) is 3.03. The first kappa shape index (κ1) is 15.6. The molecule has 0 aromatic carbocycles. The van der Waals surface area contributed by atoms with Crippen LogP contribution in [-0.2, 0) is 4.79 Å². The Morgan fingerprint density at radius 1 is 1.29 bits per heavy atom. The molecule has 1 aromatic rings. The summed E-state index contributed by atoms with van der Waals surface area (Å²) in [5.74, 6) is 0.345. The van der Waals surface area contributed by atoms with Crippen LogP contribution in [0.3, 0.4) is 0 Å². The Balaban J connectivity index is 1.59.